The van der Waals surface area contributed by atoms with Crippen molar-refractivity contribution in [1.82, 2.24) is 4.57 Å². The molecular weight excluding hydrogens is 204 g/mol. The van der Waals surface area contributed by atoms with Gasteiger partial charge in [-0.1, -0.05) is 18.2 Å². The third-order valence-corrected chi connectivity index (χ3v) is 1.93. The van der Waals surface area contributed by atoms with Crippen molar-refractivity contribution < 1.29 is 4.79 Å². The number of nitrogens with one attached hydrogen (secondary N) is 1. The molecule has 0 bridgehead atoms. The molecule has 0 radical (unpaired) electrons. The Morgan fingerprint density at radius 1 is 1.44 bits per heavy atom. The minimum absolute atomic E-state index is 0.227. The smallest absolute Gasteiger partial charge is 0.274 e. The number of aryl methyl sites for hydroxylation is 1. The second-order valence-electron chi connectivity index (χ2n) is 3.21. The van der Waals surface area contributed by atoms with E-state index in [1.807, 2.05) is 13.0 Å². The molecule has 0 saturated carbocycles. The maximum atomic E-state index is 11.5. The van der Waals surface area contributed by atoms with Crippen molar-refractivity contribution in [3.8, 4) is 0 Å². The summed E-state index contributed by atoms with van der Waals surface area (Å²) in [5.41, 5.74) is 0.0513. The highest BCUT2D eigenvalue weighted by Crippen LogP contribution is 1.97. The van der Waals surface area contributed by atoms with Crippen LogP contribution in [0.5, 0.6) is 0 Å². The Morgan fingerprint density at radius 3 is 2.88 bits per heavy atom. The average molecular weight is 218 g/mol. The zero-order valence-corrected chi connectivity index (χ0v) is 9.31. The van der Waals surface area contributed by atoms with Crippen LogP contribution in [-0.4, -0.2) is 10.5 Å². The van der Waals surface area contributed by atoms with Gasteiger partial charge in [-0.05, 0) is 19.1 Å². The standard InChI is InChI=1S/C12H14N2O2/c1-3-4-5-8-11(15)13-10-7-6-9-14(2)12(10)16/h3-9H,1-2H3,(H,13,15)/b4-3+,8-5+. The molecule has 0 aliphatic rings. The number of aromatic nitrogens is 1. The summed E-state index contributed by atoms with van der Waals surface area (Å²) in [6.45, 7) is 1.86. The molecule has 0 aromatic carbocycles. The number of nitrogens with zero attached hydrogens (tertiary/aromatic N) is 1. The monoisotopic (exact) mass is 218 g/mol. The molecule has 1 heterocycles. The summed E-state index contributed by atoms with van der Waals surface area (Å²) < 4.78 is 1.41. The van der Waals surface area contributed by atoms with Crippen LogP contribution in [0.25, 0.3) is 0 Å². The molecule has 0 atom stereocenters. The molecule has 1 N–H and O–H groups in total. The largest absolute Gasteiger partial charge is 0.318 e. The van der Waals surface area contributed by atoms with Crippen LogP contribution in [0, 0.1) is 0 Å². The lowest BCUT2D eigenvalue weighted by atomic mass is 10.3. The van der Waals surface area contributed by atoms with E-state index in [2.05, 4.69) is 5.32 Å². The molecular formula is C12H14N2O2. The van der Waals surface area contributed by atoms with Crippen molar-refractivity contribution in [2.45, 2.75) is 6.92 Å². The number of hydrogen-bond donors (Lipinski definition) is 1. The fourth-order valence-corrected chi connectivity index (χ4v) is 1.12. The van der Waals surface area contributed by atoms with Crippen molar-refractivity contribution in [2.24, 2.45) is 7.05 Å². The first-order valence-corrected chi connectivity index (χ1v) is 4.91. The van der Waals surface area contributed by atoms with Gasteiger partial charge in [-0.3, -0.25) is 9.59 Å². The van der Waals surface area contributed by atoms with Crippen LogP contribution < -0.4 is 10.9 Å². The van der Waals surface area contributed by atoms with Gasteiger partial charge in [-0.15, -0.1) is 0 Å². The molecule has 0 saturated heterocycles. The van der Waals surface area contributed by atoms with Gasteiger partial charge < -0.3 is 9.88 Å². The Labute approximate surface area is 93.9 Å². The highest BCUT2D eigenvalue weighted by molar-refractivity contribution is 5.99. The summed E-state index contributed by atoms with van der Waals surface area (Å²) in [6.07, 6.45) is 8.16. The lowest BCUT2D eigenvalue weighted by molar-refractivity contribution is -0.111. The van der Waals surface area contributed by atoms with E-state index in [0.29, 0.717) is 0 Å². The van der Waals surface area contributed by atoms with E-state index in [-0.39, 0.29) is 17.2 Å². The lowest BCUT2D eigenvalue weighted by Gasteiger charge is -2.02. The number of hydrogen-bond acceptors (Lipinski definition) is 2. The molecule has 0 fully saturated rings. The second kappa shape index (κ2) is 5.70. The topological polar surface area (TPSA) is 51.1 Å². The summed E-state index contributed by atoms with van der Waals surface area (Å²) in [7, 11) is 1.63. The predicted molar refractivity (Wildman–Crippen MR) is 64.3 cm³/mol. The summed E-state index contributed by atoms with van der Waals surface area (Å²) in [5, 5.41) is 2.52. The molecule has 0 aliphatic carbocycles. The van der Waals surface area contributed by atoms with E-state index in [0.717, 1.165) is 0 Å². The number of rotatable bonds is 3. The molecule has 4 nitrogen and oxygen atoms in total. The normalized spacial score (nSPS) is 11.1. The van der Waals surface area contributed by atoms with Crippen LogP contribution in [0.3, 0.4) is 0 Å². The predicted octanol–water partition coefficient (Wildman–Crippen LogP) is 1.46. The number of pyridine rings is 1. The molecule has 0 unspecified atom stereocenters. The van der Waals surface area contributed by atoms with E-state index in [9.17, 15) is 9.59 Å². The first-order chi connectivity index (χ1) is 7.65. The molecule has 1 amide bonds. The van der Waals surface area contributed by atoms with Gasteiger partial charge in [-0.2, -0.15) is 0 Å². The number of allylic oxidation sites excluding steroid dienone is 3. The number of carbonyl (C=O) groups is 1. The third-order valence-electron chi connectivity index (χ3n) is 1.93. The first kappa shape index (κ1) is 12.0. The summed E-state index contributed by atoms with van der Waals surface area (Å²) in [6, 6.07) is 3.27. The minimum Gasteiger partial charge on any atom is -0.318 e. The van der Waals surface area contributed by atoms with Crippen molar-refractivity contribution in [2.75, 3.05) is 5.32 Å². The van der Waals surface area contributed by atoms with Crippen LogP contribution in [-0.2, 0) is 11.8 Å². The van der Waals surface area contributed by atoms with Gasteiger partial charge in [-0.25, -0.2) is 0 Å². The van der Waals surface area contributed by atoms with E-state index in [1.165, 1.54) is 10.6 Å². The Bertz CT molecular complexity index is 484. The number of amides is 1. The van der Waals surface area contributed by atoms with Crippen LogP contribution in [0.2, 0.25) is 0 Å². The SMILES string of the molecule is C/C=C/C=C/C(=O)Nc1cccn(C)c1=O. The average Bonchev–Trinajstić information content (AvgIpc) is 2.25. The summed E-state index contributed by atoms with van der Waals surface area (Å²) in [5.74, 6) is -0.318. The molecule has 16 heavy (non-hydrogen) atoms. The fourth-order valence-electron chi connectivity index (χ4n) is 1.12. The maximum Gasteiger partial charge on any atom is 0.274 e. The summed E-state index contributed by atoms with van der Waals surface area (Å²) in [4.78, 5) is 22.9. The first-order valence-electron chi connectivity index (χ1n) is 4.91. The molecule has 1 aromatic rings. The van der Waals surface area contributed by atoms with E-state index >= 15 is 0 Å². The van der Waals surface area contributed by atoms with Crippen LogP contribution in [0.15, 0.2) is 47.4 Å². The molecule has 84 valence electrons. The highest BCUT2D eigenvalue weighted by atomic mass is 16.2. The van der Waals surface area contributed by atoms with Gasteiger partial charge >= 0.3 is 0 Å². The van der Waals surface area contributed by atoms with Crippen molar-refractivity contribution in [3.05, 3.63) is 53.0 Å². The second-order valence-corrected chi connectivity index (χ2v) is 3.21. The Balaban J connectivity index is 2.78. The van der Waals surface area contributed by atoms with Gasteiger partial charge in [0.15, 0.2) is 0 Å². The van der Waals surface area contributed by atoms with Crippen molar-refractivity contribution in [1.29, 1.82) is 0 Å². The quantitative estimate of drug-likeness (QED) is 0.616. The zero-order chi connectivity index (χ0) is 12.0. The Morgan fingerprint density at radius 2 is 2.19 bits per heavy atom. The van der Waals surface area contributed by atoms with Gasteiger partial charge in [0.25, 0.3) is 5.56 Å². The van der Waals surface area contributed by atoms with Crippen LogP contribution in [0.4, 0.5) is 5.69 Å². The van der Waals surface area contributed by atoms with Gasteiger partial charge in [0.2, 0.25) is 5.91 Å². The molecule has 1 aromatic heterocycles. The summed E-state index contributed by atoms with van der Waals surface area (Å²) >= 11 is 0. The van der Waals surface area contributed by atoms with Gasteiger partial charge in [0.05, 0.1) is 0 Å². The molecule has 4 heteroatoms. The molecule has 0 aliphatic heterocycles. The Hall–Kier alpha value is -2.10. The van der Waals surface area contributed by atoms with Crippen LogP contribution >= 0.6 is 0 Å². The molecule has 1 rings (SSSR count). The minimum atomic E-state index is -0.318. The van der Waals surface area contributed by atoms with E-state index in [1.54, 1.807) is 37.5 Å². The van der Waals surface area contributed by atoms with Crippen LogP contribution in [0.1, 0.15) is 6.92 Å². The number of anilines is 1. The maximum absolute atomic E-state index is 11.5. The Kier molecular flexibility index (Phi) is 4.27. The van der Waals surface area contributed by atoms with E-state index < -0.39 is 0 Å². The third kappa shape index (κ3) is 3.24. The number of carbonyl (C=O) groups excluding carboxylic acids is 1. The van der Waals surface area contributed by atoms with Gasteiger partial charge in [0, 0.05) is 19.3 Å². The lowest BCUT2D eigenvalue weighted by Crippen LogP contribution is -2.22. The zero-order valence-electron chi connectivity index (χ0n) is 9.31. The van der Waals surface area contributed by atoms with Gasteiger partial charge in [0.1, 0.15) is 5.69 Å². The van der Waals surface area contributed by atoms with E-state index in [4.69, 9.17) is 0 Å². The fraction of sp³-hybridized carbons (Fsp3) is 0.167. The highest BCUT2D eigenvalue weighted by Gasteiger charge is 2.02. The van der Waals surface area contributed by atoms with Crippen molar-refractivity contribution in [3.63, 3.8) is 0 Å². The molecule has 0 spiro atoms. The van der Waals surface area contributed by atoms with Crippen molar-refractivity contribution >= 4 is 11.6 Å².